The van der Waals surface area contributed by atoms with Crippen molar-refractivity contribution < 1.29 is 18.7 Å². The number of nitro benzene ring substituents is 1. The van der Waals surface area contributed by atoms with Crippen LogP contribution >= 0.6 is 0 Å². The molecular formula is C17H22N4O5S. The Kier molecular flexibility index (Phi) is 5.18. The number of fused-ring (bicyclic) bond motifs is 1. The van der Waals surface area contributed by atoms with E-state index in [0.29, 0.717) is 42.1 Å². The van der Waals surface area contributed by atoms with Crippen LogP contribution in [0.15, 0.2) is 23.4 Å². The lowest BCUT2D eigenvalue weighted by molar-refractivity contribution is -0.384. The molecule has 1 amide bonds. The molecule has 0 saturated carbocycles. The first-order valence-corrected chi connectivity index (χ1v) is 9.88. The molecule has 1 N–H and O–H groups in total. The summed E-state index contributed by atoms with van der Waals surface area (Å²) in [5, 5.41) is 11.0. The Morgan fingerprint density at radius 1 is 1.37 bits per heavy atom. The van der Waals surface area contributed by atoms with Gasteiger partial charge in [-0.2, -0.15) is 0 Å². The minimum atomic E-state index is -1.38. The van der Waals surface area contributed by atoms with E-state index in [9.17, 15) is 19.1 Å². The molecule has 1 aliphatic rings. The van der Waals surface area contributed by atoms with E-state index in [1.165, 1.54) is 18.2 Å². The summed E-state index contributed by atoms with van der Waals surface area (Å²) >= 11 is 0. The third-order valence-electron chi connectivity index (χ3n) is 4.24. The fourth-order valence-electron chi connectivity index (χ4n) is 2.92. The van der Waals surface area contributed by atoms with Crippen molar-refractivity contribution in [2.45, 2.75) is 49.6 Å². The average molecular weight is 394 g/mol. The number of aromatic nitrogens is 2. The monoisotopic (exact) mass is 394 g/mol. The van der Waals surface area contributed by atoms with Crippen molar-refractivity contribution in [3.05, 3.63) is 28.3 Å². The second-order valence-corrected chi connectivity index (χ2v) is 9.11. The standard InChI is InChI=1S/C17H22N4O5S/c1-17(2,3)26-16(22)20-8-6-12(7-9-20)27(25)15-18-13-5-4-11(21(23)24)10-14(13)19-15/h4-5,10,12H,6-9H2,1-3H3,(H,18,19)/t27-/m1/s1. The van der Waals surface area contributed by atoms with Gasteiger partial charge < -0.3 is 14.6 Å². The maximum Gasteiger partial charge on any atom is 0.410 e. The Bertz CT molecular complexity index is 896. The van der Waals surface area contributed by atoms with Crippen LogP contribution in [0.3, 0.4) is 0 Å². The second kappa shape index (κ2) is 7.26. The zero-order valence-electron chi connectivity index (χ0n) is 15.4. The Balaban J connectivity index is 1.66. The number of hydrogen-bond donors (Lipinski definition) is 1. The molecule has 1 saturated heterocycles. The highest BCUT2D eigenvalue weighted by atomic mass is 32.2. The van der Waals surface area contributed by atoms with Crippen molar-refractivity contribution in [2.24, 2.45) is 0 Å². The number of nitrogens with one attached hydrogen (secondary N) is 1. The lowest BCUT2D eigenvalue weighted by Crippen LogP contribution is -2.43. The first-order valence-electron chi connectivity index (χ1n) is 8.67. The van der Waals surface area contributed by atoms with E-state index in [-0.39, 0.29) is 17.0 Å². The number of piperidine rings is 1. The van der Waals surface area contributed by atoms with Crippen LogP contribution in [-0.2, 0) is 15.5 Å². The smallest absolute Gasteiger partial charge is 0.410 e. The van der Waals surface area contributed by atoms with Gasteiger partial charge >= 0.3 is 6.09 Å². The van der Waals surface area contributed by atoms with Crippen molar-refractivity contribution >= 4 is 33.6 Å². The van der Waals surface area contributed by atoms with E-state index in [1.54, 1.807) is 4.90 Å². The van der Waals surface area contributed by atoms with E-state index in [4.69, 9.17) is 4.74 Å². The van der Waals surface area contributed by atoms with E-state index < -0.39 is 21.3 Å². The molecule has 0 radical (unpaired) electrons. The molecule has 1 atom stereocenters. The molecule has 2 heterocycles. The Hall–Kier alpha value is -2.49. The maximum atomic E-state index is 12.8. The molecule has 0 unspecified atom stereocenters. The third kappa shape index (κ3) is 4.44. The first-order chi connectivity index (χ1) is 12.6. The zero-order valence-corrected chi connectivity index (χ0v) is 16.2. The van der Waals surface area contributed by atoms with Gasteiger partial charge in [0.1, 0.15) is 5.60 Å². The van der Waals surface area contributed by atoms with Gasteiger partial charge in [-0.25, -0.2) is 9.78 Å². The van der Waals surface area contributed by atoms with Crippen molar-refractivity contribution in [3.63, 3.8) is 0 Å². The van der Waals surface area contributed by atoms with Gasteiger partial charge in [-0.05, 0) is 39.7 Å². The number of imidazole rings is 1. The zero-order chi connectivity index (χ0) is 19.8. The molecule has 1 aliphatic heterocycles. The SMILES string of the molecule is CC(C)(C)OC(=O)N1CCC([S@@](=O)c2nc3ccc([N+](=O)[O-])cc3[nH]2)CC1. The summed E-state index contributed by atoms with van der Waals surface area (Å²) < 4.78 is 18.2. The van der Waals surface area contributed by atoms with Gasteiger partial charge in [-0.3, -0.25) is 14.3 Å². The molecule has 1 aromatic carbocycles. The average Bonchev–Trinajstić information content (AvgIpc) is 3.02. The van der Waals surface area contributed by atoms with Gasteiger partial charge in [-0.1, -0.05) is 0 Å². The van der Waals surface area contributed by atoms with Crippen LogP contribution in [0.5, 0.6) is 0 Å². The molecule has 10 heteroatoms. The molecule has 27 heavy (non-hydrogen) atoms. The molecule has 1 aromatic heterocycles. The van der Waals surface area contributed by atoms with Crippen LogP contribution < -0.4 is 0 Å². The molecule has 1 fully saturated rings. The lowest BCUT2D eigenvalue weighted by atomic mass is 10.1. The van der Waals surface area contributed by atoms with Crippen molar-refractivity contribution in [2.75, 3.05) is 13.1 Å². The Morgan fingerprint density at radius 2 is 2.04 bits per heavy atom. The number of benzene rings is 1. The first kappa shape index (κ1) is 19.3. The predicted molar refractivity (Wildman–Crippen MR) is 100.0 cm³/mol. The number of carbonyl (C=O) groups excluding carboxylic acids is 1. The lowest BCUT2D eigenvalue weighted by Gasteiger charge is -2.32. The largest absolute Gasteiger partial charge is 0.444 e. The molecule has 9 nitrogen and oxygen atoms in total. The van der Waals surface area contributed by atoms with Crippen LogP contribution in [-0.4, -0.2) is 54.0 Å². The van der Waals surface area contributed by atoms with Crippen molar-refractivity contribution in [3.8, 4) is 0 Å². The number of carbonyl (C=O) groups is 1. The third-order valence-corrected chi connectivity index (χ3v) is 5.89. The number of non-ortho nitro benzene ring substituents is 1. The fourth-order valence-corrected chi connectivity index (χ4v) is 4.27. The van der Waals surface area contributed by atoms with E-state index in [2.05, 4.69) is 9.97 Å². The quantitative estimate of drug-likeness (QED) is 0.631. The molecule has 146 valence electrons. The number of nitrogens with zero attached hydrogens (tertiary/aromatic N) is 3. The van der Waals surface area contributed by atoms with Gasteiger partial charge in [0, 0.05) is 30.5 Å². The van der Waals surface area contributed by atoms with E-state index in [1.807, 2.05) is 20.8 Å². The van der Waals surface area contributed by atoms with Gasteiger partial charge in [0.2, 0.25) is 0 Å². The van der Waals surface area contributed by atoms with Gasteiger partial charge in [0.15, 0.2) is 5.16 Å². The molecule has 0 spiro atoms. The summed E-state index contributed by atoms with van der Waals surface area (Å²) in [6, 6.07) is 4.29. The van der Waals surface area contributed by atoms with Crippen LogP contribution in [0.4, 0.5) is 10.5 Å². The number of rotatable bonds is 3. The van der Waals surface area contributed by atoms with Crippen LogP contribution in [0.25, 0.3) is 11.0 Å². The molecular weight excluding hydrogens is 372 g/mol. The summed E-state index contributed by atoms with van der Waals surface area (Å²) in [5.41, 5.74) is 0.427. The number of ether oxygens (including phenoxy) is 1. The van der Waals surface area contributed by atoms with Gasteiger partial charge in [0.25, 0.3) is 5.69 Å². The fraction of sp³-hybridized carbons (Fsp3) is 0.529. The second-order valence-electron chi connectivity index (χ2n) is 7.46. The van der Waals surface area contributed by atoms with Crippen molar-refractivity contribution in [1.82, 2.24) is 14.9 Å². The summed E-state index contributed by atoms with van der Waals surface area (Å²) in [4.78, 5) is 31.4. The molecule has 0 aliphatic carbocycles. The number of amides is 1. The minimum absolute atomic E-state index is 0.0471. The number of hydrogen-bond acceptors (Lipinski definition) is 6. The number of nitro groups is 1. The van der Waals surface area contributed by atoms with Gasteiger partial charge in [0.05, 0.1) is 26.8 Å². The normalized spacial score (nSPS) is 17.1. The van der Waals surface area contributed by atoms with Crippen LogP contribution in [0.2, 0.25) is 0 Å². The van der Waals surface area contributed by atoms with Gasteiger partial charge in [-0.15, -0.1) is 0 Å². The Labute approximate surface area is 158 Å². The number of likely N-dealkylation sites (tertiary alicyclic amines) is 1. The minimum Gasteiger partial charge on any atom is -0.444 e. The summed E-state index contributed by atoms with van der Waals surface area (Å²) in [6.07, 6.45) is 0.786. The van der Waals surface area contributed by atoms with E-state index >= 15 is 0 Å². The topological polar surface area (TPSA) is 118 Å². The van der Waals surface area contributed by atoms with Crippen LogP contribution in [0.1, 0.15) is 33.6 Å². The maximum absolute atomic E-state index is 12.8. The molecule has 0 bridgehead atoms. The Morgan fingerprint density at radius 3 is 2.63 bits per heavy atom. The predicted octanol–water partition coefficient (Wildman–Crippen LogP) is 2.98. The highest BCUT2D eigenvalue weighted by Crippen LogP contribution is 2.24. The highest BCUT2D eigenvalue weighted by molar-refractivity contribution is 7.85. The van der Waals surface area contributed by atoms with Crippen LogP contribution in [0, 0.1) is 10.1 Å². The number of aromatic amines is 1. The molecule has 3 rings (SSSR count). The summed E-state index contributed by atoms with van der Waals surface area (Å²) in [5.74, 6) is 0. The van der Waals surface area contributed by atoms with E-state index in [0.717, 1.165) is 0 Å². The number of H-pyrrole nitrogens is 1. The molecule has 2 aromatic rings. The van der Waals surface area contributed by atoms with Crippen molar-refractivity contribution in [1.29, 1.82) is 0 Å². The summed E-state index contributed by atoms with van der Waals surface area (Å²) in [7, 11) is -1.38. The highest BCUT2D eigenvalue weighted by Gasteiger charge is 2.31. The summed E-state index contributed by atoms with van der Waals surface area (Å²) in [6.45, 7) is 6.39.